The van der Waals surface area contributed by atoms with Crippen LogP contribution in [0.4, 0.5) is 5.00 Å². The molecule has 1 amide bonds. The molecule has 35 heavy (non-hydrogen) atoms. The van der Waals surface area contributed by atoms with E-state index < -0.39 is 0 Å². The van der Waals surface area contributed by atoms with E-state index in [0.717, 1.165) is 37.0 Å². The second kappa shape index (κ2) is 11.6. The molecule has 0 fully saturated rings. The number of thiophene rings is 1. The molecule has 1 aliphatic carbocycles. The summed E-state index contributed by atoms with van der Waals surface area (Å²) in [5, 5.41) is 22.5. The lowest BCUT2D eigenvalue weighted by Crippen LogP contribution is -2.15. The number of fused-ring (bicyclic) bond motifs is 1. The highest BCUT2D eigenvalue weighted by Gasteiger charge is 2.22. The molecule has 1 aromatic carbocycles. The Morgan fingerprint density at radius 1 is 1.20 bits per heavy atom. The van der Waals surface area contributed by atoms with Gasteiger partial charge >= 0.3 is 0 Å². The van der Waals surface area contributed by atoms with Gasteiger partial charge in [-0.25, -0.2) is 0 Å². The third kappa shape index (κ3) is 5.97. The van der Waals surface area contributed by atoms with Gasteiger partial charge in [-0.1, -0.05) is 24.6 Å². The number of aryl methyl sites for hydroxylation is 1. The molecular weight excluding hydrogens is 482 g/mol. The van der Waals surface area contributed by atoms with Crippen molar-refractivity contribution in [2.45, 2.75) is 56.7 Å². The molecule has 0 radical (unpaired) electrons. The molecule has 0 aliphatic heterocycles. The van der Waals surface area contributed by atoms with Crippen LogP contribution in [0.15, 0.2) is 29.4 Å². The second-order valence-electron chi connectivity index (χ2n) is 8.41. The van der Waals surface area contributed by atoms with Gasteiger partial charge in [-0.15, -0.1) is 21.5 Å². The van der Waals surface area contributed by atoms with Gasteiger partial charge in [0.2, 0.25) is 5.91 Å². The molecule has 3 aromatic rings. The fourth-order valence-electron chi connectivity index (χ4n) is 4.14. The summed E-state index contributed by atoms with van der Waals surface area (Å²) in [4.78, 5) is 14.0. The van der Waals surface area contributed by atoms with Gasteiger partial charge in [-0.3, -0.25) is 4.79 Å². The summed E-state index contributed by atoms with van der Waals surface area (Å²) in [6.07, 6.45) is 6.22. The molecule has 8 nitrogen and oxygen atoms in total. The Labute approximate surface area is 213 Å². The van der Waals surface area contributed by atoms with E-state index in [1.165, 1.54) is 29.5 Å². The lowest BCUT2D eigenvalue weighted by molar-refractivity contribution is -0.113. The number of carbonyl (C=O) groups excluding carboxylic acids is 1. The summed E-state index contributed by atoms with van der Waals surface area (Å²) < 4.78 is 13.0. The fraction of sp³-hybridized carbons (Fsp3) is 0.440. The monoisotopic (exact) mass is 511 g/mol. The molecule has 1 unspecified atom stereocenters. The molecule has 1 atom stereocenters. The first kappa shape index (κ1) is 25.1. The molecule has 0 saturated heterocycles. The number of hydrogen-bond donors (Lipinski definition) is 1. The summed E-state index contributed by atoms with van der Waals surface area (Å²) in [6.45, 7) is 1.90. The summed E-state index contributed by atoms with van der Waals surface area (Å²) in [5.74, 6) is 2.14. The Bertz CT molecular complexity index is 1210. The van der Waals surface area contributed by atoms with Gasteiger partial charge in [-0.05, 0) is 62.4 Å². The minimum Gasteiger partial charge on any atom is -0.497 e. The number of benzene rings is 1. The van der Waals surface area contributed by atoms with Crippen LogP contribution < -0.4 is 14.8 Å². The maximum absolute atomic E-state index is 12.7. The third-order valence-corrected chi connectivity index (χ3v) is 8.20. The molecule has 10 heteroatoms. The average Bonchev–Trinajstić information content (AvgIpc) is 3.37. The van der Waals surface area contributed by atoms with Crippen LogP contribution in [0.3, 0.4) is 0 Å². The predicted octanol–water partition coefficient (Wildman–Crippen LogP) is 5.29. The molecule has 0 saturated carbocycles. The van der Waals surface area contributed by atoms with Crippen molar-refractivity contribution < 1.29 is 14.3 Å². The Hall–Kier alpha value is -3.03. The van der Waals surface area contributed by atoms with E-state index in [-0.39, 0.29) is 17.8 Å². The number of anilines is 1. The number of nitrogens with zero attached hydrogens (tertiary/aromatic N) is 4. The largest absolute Gasteiger partial charge is 0.497 e. The number of aromatic nitrogens is 3. The zero-order chi connectivity index (χ0) is 24.8. The molecule has 1 aliphatic rings. The number of amides is 1. The van der Waals surface area contributed by atoms with Crippen LogP contribution in [0.1, 0.15) is 60.5 Å². The van der Waals surface area contributed by atoms with Crippen molar-refractivity contribution in [3.05, 3.63) is 46.1 Å². The fourth-order valence-corrected chi connectivity index (χ4v) is 6.11. The molecule has 0 spiro atoms. The van der Waals surface area contributed by atoms with Crippen molar-refractivity contribution >= 4 is 34.0 Å². The Kier molecular flexibility index (Phi) is 8.31. The van der Waals surface area contributed by atoms with E-state index in [0.29, 0.717) is 27.3 Å². The number of carbonyl (C=O) groups is 1. The van der Waals surface area contributed by atoms with Crippen LogP contribution in [0, 0.1) is 11.3 Å². The van der Waals surface area contributed by atoms with Gasteiger partial charge in [0.05, 0.1) is 18.4 Å². The molecule has 2 heterocycles. The third-order valence-electron chi connectivity index (χ3n) is 5.97. The number of hydrogen-bond acceptors (Lipinski definition) is 8. The number of thioether (sulfide) groups is 1. The van der Waals surface area contributed by atoms with E-state index in [4.69, 9.17) is 9.47 Å². The van der Waals surface area contributed by atoms with Crippen molar-refractivity contribution in [2.24, 2.45) is 7.05 Å². The van der Waals surface area contributed by atoms with Crippen LogP contribution in [-0.2, 0) is 24.7 Å². The molecule has 1 N–H and O–H groups in total. The Morgan fingerprint density at radius 3 is 2.63 bits per heavy atom. The summed E-state index contributed by atoms with van der Waals surface area (Å²) in [6, 6.07) is 9.68. The van der Waals surface area contributed by atoms with Gasteiger partial charge in [0.1, 0.15) is 22.6 Å². The highest BCUT2D eigenvalue weighted by atomic mass is 32.2. The number of ether oxygens (including phenoxy) is 2. The van der Waals surface area contributed by atoms with Crippen LogP contribution in [0.25, 0.3) is 0 Å². The summed E-state index contributed by atoms with van der Waals surface area (Å²) >= 11 is 2.86. The molecule has 184 valence electrons. The predicted molar refractivity (Wildman–Crippen MR) is 137 cm³/mol. The molecule has 2 aromatic heterocycles. The number of nitriles is 1. The van der Waals surface area contributed by atoms with Crippen LogP contribution in [0.2, 0.25) is 0 Å². The van der Waals surface area contributed by atoms with E-state index >= 15 is 0 Å². The van der Waals surface area contributed by atoms with E-state index in [9.17, 15) is 10.1 Å². The van der Waals surface area contributed by atoms with E-state index in [2.05, 4.69) is 21.6 Å². The first-order valence-electron chi connectivity index (χ1n) is 11.7. The Morgan fingerprint density at radius 2 is 1.91 bits per heavy atom. The van der Waals surface area contributed by atoms with Gasteiger partial charge in [0.15, 0.2) is 17.1 Å². The van der Waals surface area contributed by atoms with Crippen molar-refractivity contribution in [3.63, 3.8) is 0 Å². The van der Waals surface area contributed by atoms with Crippen molar-refractivity contribution in [2.75, 3.05) is 18.2 Å². The summed E-state index contributed by atoms with van der Waals surface area (Å²) in [7, 11) is 3.48. The topological polar surface area (TPSA) is 102 Å². The van der Waals surface area contributed by atoms with E-state index in [1.54, 1.807) is 18.4 Å². The first-order valence-corrected chi connectivity index (χ1v) is 13.5. The van der Waals surface area contributed by atoms with Crippen molar-refractivity contribution in [1.82, 2.24) is 14.8 Å². The molecule has 0 bridgehead atoms. The first-order chi connectivity index (χ1) is 17.0. The minimum absolute atomic E-state index is 0.159. The maximum atomic E-state index is 12.7. The van der Waals surface area contributed by atoms with Gasteiger partial charge in [0, 0.05) is 11.9 Å². The second-order valence-corrected chi connectivity index (χ2v) is 10.5. The lowest BCUT2D eigenvalue weighted by Gasteiger charge is -2.14. The highest BCUT2D eigenvalue weighted by Crippen LogP contribution is 2.36. The molecular formula is C25H29N5O3S2. The Balaban J connectivity index is 1.36. The zero-order valence-electron chi connectivity index (χ0n) is 20.2. The average molecular weight is 512 g/mol. The van der Waals surface area contributed by atoms with Gasteiger partial charge < -0.3 is 19.4 Å². The minimum atomic E-state index is -0.326. The highest BCUT2D eigenvalue weighted by molar-refractivity contribution is 7.99. The summed E-state index contributed by atoms with van der Waals surface area (Å²) in [5.41, 5.74) is 1.76. The smallest absolute Gasteiger partial charge is 0.235 e. The van der Waals surface area contributed by atoms with Crippen LogP contribution in [0.5, 0.6) is 11.5 Å². The quantitative estimate of drug-likeness (QED) is 0.410. The van der Waals surface area contributed by atoms with Crippen molar-refractivity contribution in [3.8, 4) is 17.6 Å². The standard InChI is InChI=1S/C25H29N5O3S2/c1-16(33-18-12-10-17(32-3)11-13-18)23-28-29-25(30(23)2)34-15-22(31)27-24-20(14-26)19-8-6-4-5-7-9-21(19)35-24/h10-13,16H,4-9,15H2,1-3H3,(H,27,31). The zero-order valence-corrected chi connectivity index (χ0v) is 21.8. The maximum Gasteiger partial charge on any atom is 0.235 e. The van der Waals surface area contributed by atoms with Crippen molar-refractivity contribution in [1.29, 1.82) is 5.26 Å². The van der Waals surface area contributed by atoms with Crippen LogP contribution >= 0.6 is 23.1 Å². The lowest BCUT2D eigenvalue weighted by atomic mass is 9.97. The normalized spacial score (nSPS) is 14.2. The number of methoxy groups -OCH3 is 1. The van der Waals surface area contributed by atoms with Gasteiger partial charge in [-0.2, -0.15) is 5.26 Å². The van der Waals surface area contributed by atoms with E-state index in [1.807, 2.05) is 42.8 Å². The van der Waals surface area contributed by atoms with Crippen LogP contribution in [-0.4, -0.2) is 33.5 Å². The van der Waals surface area contributed by atoms with Gasteiger partial charge in [0.25, 0.3) is 0 Å². The number of nitrogens with one attached hydrogen (secondary N) is 1. The molecule has 4 rings (SSSR count). The number of rotatable bonds is 8. The SMILES string of the molecule is COc1ccc(OC(C)c2nnc(SCC(=O)Nc3sc4c(c3C#N)CCCCCC4)n2C)cc1.